The summed E-state index contributed by atoms with van der Waals surface area (Å²) in [6.07, 6.45) is 3.11. The number of aryl methyl sites for hydroxylation is 1. The van der Waals surface area contributed by atoms with E-state index in [1.165, 1.54) is 0 Å². The van der Waals surface area contributed by atoms with Crippen LogP contribution in [0.5, 0.6) is 5.75 Å². The van der Waals surface area contributed by atoms with Crippen molar-refractivity contribution in [2.24, 2.45) is 5.92 Å². The van der Waals surface area contributed by atoms with Crippen LogP contribution in [0.15, 0.2) is 18.2 Å². The molecule has 0 spiro atoms. The first-order valence-electron chi connectivity index (χ1n) is 7.45. The molecule has 1 atom stereocenters. The summed E-state index contributed by atoms with van der Waals surface area (Å²) >= 11 is 0. The molecule has 20 heavy (non-hydrogen) atoms. The van der Waals surface area contributed by atoms with E-state index in [0.29, 0.717) is 0 Å². The van der Waals surface area contributed by atoms with Crippen molar-refractivity contribution < 1.29 is 9.53 Å². The summed E-state index contributed by atoms with van der Waals surface area (Å²) in [5.41, 5.74) is 1.92. The fraction of sp³-hybridized carbons (Fsp3) is 0.562. The fourth-order valence-electron chi connectivity index (χ4n) is 2.31. The Morgan fingerprint density at radius 2 is 2.35 bits per heavy atom. The Bertz CT molecular complexity index is 454. The summed E-state index contributed by atoms with van der Waals surface area (Å²) in [5.74, 6) is 1.07. The molecule has 0 saturated carbocycles. The van der Waals surface area contributed by atoms with Gasteiger partial charge in [-0.3, -0.25) is 4.79 Å². The topological polar surface area (TPSA) is 50.4 Å². The molecule has 2 N–H and O–H groups in total. The zero-order valence-electron chi connectivity index (χ0n) is 12.4. The quantitative estimate of drug-likeness (QED) is 0.785. The van der Waals surface area contributed by atoms with Crippen molar-refractivity contribution in [1.82, 2.24) is 5.32 Å². The maximum absolute atomic E-state index is 12.1. The third-order valence-corrected chi connectivity index (χ3v) is 3.65. The van der Waals surface area contributed by atoms with Crippen LogP contribution >= 0.6 is 0 Å². The van der Waals surface area contributed by atoms with Gasteiger partial charge in [-0.1, -0.05) is 13.3 Å². The van der Waals surface area contributed by atoms with Crippen LogP contribution in [0.1, 0.15) is 31.7 Å². The number of hydrogen-bond acceptors (Lipinski definition) is 3. The van der Waals surface area contributed by atoms with Crippen molar-refractivity contribution in [2.45, 2.75) is 33.1 Å². The molecule has 1 aliphatic rings. The lowest BCUT2D eigenvalue weighted by Gasteiger charge is -2.13. The first kappa shape index (κ1) is 14.9. The van der Waals surface area contributed by atoms with Gasteiger partial charge in [-0.2, -0.15) is 0 Å². The van der Waals surface area contributed by atoms with Gasteiger partial charge in [0.15, 0.2) is 0 Å². The first-order valence-corrected chi connectivity index (χ1v) is 7.45. The molecule has 1 aliphatic heterocycles. The van der Waals surface area contributed by atoms with Gasteiger partial charge in [0.1, 0.15) is 5.75 Å². The zero-order valence-corrected chi connectivity index (χ0v) is 12.4. The number of ether oxygens (including phenoxy) is 1. The lowest BCUT2D eigenvalue weighted by atomic mass is 10.1. The highest BCUT2D eigenvalue weighted by molar-refractivity contribution is 5.93. The Hall–Kier alpha value is -1.55. The van der Waals surface area contributed by atoms with E-state index in [9.17, 15) is 4.79 Å². The van der Waals surface area contributed by atoms with E-state index in [1.807, 2.05) is 25.1 Å². The number of unbranched alkanes of at least 4 members (excludes halogenated alkanes) is 1. The maximum atomic E-state index is 12.1. The number of benzene rings is 1. The molecule has 1 aromatic rings. The molecular formula is C16H24N2O2. The predicted molar refractivity (Wildman–Crippen MR) is 81.2 cm³/mol. The fourth-order valence-corrected chi connectivity index (χ4v) is 2.31. The molecule has 1 unspecified atom stereocenters. The average Bonchev–Trinajstić information content (AvgIpc) is 2.96. The Morgan fingerprint density at radius 3 is 3.00 bits per heavy atom. The van der Waals surface area contributed by atoms with Gasteiger partial charge in [0, 0.05) is 12.2 Å². The van der Waals surface area contributed by atoms with Crippen molar-refractivity contribution in [1.29, 1.82) is 0 Å². The summed E-state index contributed by atoms with van der Waals surface area (Å²) < 4.78 is 5.66. The third kappa shape index (κ3) is 3.97. The minimum atomic E-state index is 0.0925. The smallest absolute Gasteiger partial charge is 0.228 e. The van der Waals surface area contributed by atoms with Crippen molar-refractivity contribution in [2.75, 3.05) is 25.0 Å². The van der Waals surface area contributed by atoms with E-state index in [0.717, 1.165) is 56.0 Å². The Morgan fingerprint density at radius 1 is 1.50 bits per heavy atom. The molecule has 0 radical (unpaired) electrons. The molecule has 2 rings (SSSR count). The lowest BCUT2D eigenvalue weighted by Crippen LogP contribution is -2.24. The van der Waals surface area contributed by atoms with E-state index in [4.69, 9.17) is 4.74 Å². The van der Waals surface area contributed by atoms with Crippen LogP contribution in [-0.2, 0) is 4.79 Å². The summed E-state index contributed by atoms with van der Waals surface area (Å²) in [5, 5.41) is 6.22. The van der Waals surface area contributed by atoms with Crippen LogP contribution in [0.3, 0.4) is 0 Å². The summed E-state index contributed by atoms with van der Waals surface area (Å²) in [7, 11) is 0. The number of hydrogen-bond donors (Lipinski definition) is 2. The molecule has 1 amide bonds. The molecule has 1 saturated heterocycles. The lowest BCUT2D eigenvalue weighted by molar-refractivity contribution is -0.119. The summed E-state index contributed by atoms with van der Waals surface area (Å²) in [4.78, 5) is 12.1. The van der Waals surface area contributed by atoms with Crippen LogP contribution in [0.2, 0.25) is 0 Å². The largest absolute Gasteiger partial charge is 0.494 e. The Kier molecular flexibility index (Phi) is 5.41. The minimum absolute atomic E-state index is 0.0925. The number of amides is 1. The van der Waals surface area contributed by atoms with Crippen LogP contribution < -0.4 is 15.4 Å². The van der Waals surface area contributed by atoms with Crippen molar-refractivity contribution in [3.8, 4) is 5.75 Å². The molecule has 0 aliphatic carbocycles. The number of carbonyl (C=O) groups is 1. The van der Waals surface area contributed by atoms with Gasteiger partial charge in [-0.25, -0.2) is 0 Å². The van der Waals surface area contributed by atoms with Gasteiger partial charge in [-0.15, -0.1) is 0 Å². The van der Waals surface area contributed by atoms with Gasteiger partial charge in [0.2, 0.25) is 5.91 Å². The van der Waals surface area contributed by atoms with E-state index in [1.54, 1.807) is 0 Å². The van der Waals surface area contributed by atoms with Crippen molar-refractivity contribution in [3.63, 3.8) is 0 Å². The predicted octanol–water partition coefficient (Wildman–Crippen LogP) is 2.72. The number of anilines is 1. The number of rotatable bonds is 6. The van der Waals surface area contributed by atoms with E-state index in [-0.39, 0.29) is 11.8 Å². The van der Waals surface area contributed by atoms with Gasteiger partial charge >= 0.3 is 0 Å². The van der Waals surface area contributed by atoms with Gasteiger partial charge in [0.05, 0.1) is 12.5 Å². The van der Waals surface area contributed by atoms with E-state index in [2.05, 4.69) is 17.6 Å². The summed E-state index contributed by atoms with van der Waals surface area (Å²) in [6, 6.07) is 5.83. The summed E-state index contributed by atoms with van der Waals surface area (Å²) in [6.45, 7) is 6.60. The van der Waals surface area contributed by atoms with E-state index < -0.39 is 0 Å². The number of carbonyl (C=O) groups excluding carboxylic acids is 1. The molecule has 1 fully saturated rings. The molecule has 4 nitrogen and oxygen atoms in total. The molecule has 0 bridgehead atoms. The maximum Gasteiger partial charge on any atom is 0.228 e. The molecule has 4 heteroatoms. The Labute approximate surface area is 120 Å². The second-order valence-electron chi connectivity index (χ2n) is 5.36. The monoisotopic (exact) mass is 276 g/mol. The normalized spacial score (nSPS) is 18.0. The molecule has 1 aromatic carbocycles. The Balaban J connectivity index is 1.93. The highest BCUT2D eigenvalue weighted by Crippen LogP contribution is 2.22. The van der Waals surface area contributed by atoms with Gasteiger partial charge in [0.25, 0.3) is 0 Å². The first-order chi connectivity index (χ1) is 9.70. The van der Waals surface area contributed by atoms with E-state index >= 15 is 0 Å². The van der Waals surface area contributed by atoms with Crippen molar-refractivity contribution in [3.05, 3.63) is 23.8 Å². The van der Waals surface area contributed by atoms with Gasteiger partial charge in [-0.05, 0) is 50.1 Å². The zero-order chi connectivity index (χ0) is 14.4. The second kappa shape index (κ2) is 7.29. The van der Waals surface area contributed by atoms with Crippen LogP contribution in [0.4, 0.5) is 5.69 Å². The molecule has 0 aromatic heterocycles. The van der Waals surface area contributed by atoms with Crippen molar-refractivity contribution >= 4 is 11.6 Å². The standard InChI is InChI=1S/C16H24N2O2/c1-3-4-9-20-14-5-6-15(12(2)10-14)18-16(19)13-7-8-17-11-13/h5-6,10,13,17H,3-4,7-9,11H2,1-2H3,(H,18,19). The highest BCUT2D eigenvalue weighted by Gasteiger charge is 2.22. The minimum Gasteiger partial charge on any atom is -0.494 e. The highest BCUT2D eigenvalue weighted by atomic mass is 16.5. The van der Waals surface area contributed by atoms with Crippen LogP contribution in [0, 0.1) is 12.8 Å². The average molecular weight is 276 g/mol. The second-order valence-corrected chi connectivity index (χ2v) is 5.36. The molecule has 110 valence electrons. The van der Waals surface area contributed by atoms with Crippen LogP contribution in [0.25, 0.3) is 0 Å². The SMILES string of the molecule is CCCCOc1ccc(NC(=O)C2CCNC2)c(C)c1. The number of nitrogens with one attached hydrogen (secondary N) is 2. The molecular weight excluding hydrogens is 252 g/mol. The molecule has 1 heterocycles. The van der Waals surface area contributed by atoms with Gasteiger partial charge < -0.3 is 15.4 Å². The third-order valence-electron chi connectivity index (χ3n) is 3.65. The van der Waals surface area contributed by atoms with Crippen LogP contribution in [-0.4, -0.2) is 25.6 Å².